The Kier molecular flexibility index (Phi) is 6.86. The van der Waals surface area contributed by atoms with Crippen LogP contribution in [0, 0.1) is 0 Å². The second kappa shape index (κ2) is 11.8. The highest BCUT2D eigenvalue weighted by Gasteiger charge is 2.25. The number of hydrogen-bond acceptors (Lipinski definition) is 4. The molecule has 7 aromatic carbocycles. The predicted molar refractivity (Wildman–Crippen MR) is 210 cm³/mol. The van der Waals surface area contributed by atoms with Crippen molar-refractivity contribution in [1.29, 1.82) is 0 Å². The van der Waals surface area contributed by atoms with Crippen molar-refractivity contribution in [2.24, 2.45) is 4.99 Å². The Hall–Kier alpha value is -6.01. The van der Waals surface area contributed by atoms with Gasteiger partial charge in [-0.3, -0.25) is 5.32 Å². The van der Waals surface area contributed by atoms with Gasteiger partial charge in [-0.25, -0.2) is 4.99 Å². The Morgan fingerprint density at radius 2 is 1.22 bits per heavy atom. The van der Waals surface area contributed by atoms with Gasteiger partial charge in [-0.1, -0.05) is 133 Å². The van der Waals surface area contributed by atoms with E-state index in [0.717, 1.165) is 22.6 Å². The third-order valence-electron chi connectivity index (χ3n) is 9.88. The van der Waals surface area contributed by atoms with Crippen molar-refractivity contribution in [3.63, 3.8) is 0 Å². The van der Waals surface area contributed by atoms with E-state index in [9.17, 15) is 0 Å². The normalized spacial score (nSPS) is 16.2. The summed E-state index contributed by atoms with van der Waals surface area (Å²) in [5.41, 5.74) is 9.32. The SMILES string of the molecule is c1ccc(C2N=C(c3cccc(-n4c5ccccc5c5cc(-c6cccc7c6sc6ccccc67)ccc54)c3)NC(c3ccccc3)N2)cc1. The van der Waals surface area contributed by atoms with E-state index in [4.69, 9.17) is 4.99 Å². The first-order chi connectivity index (χ1) is 24.8. The maximum Gasteiger partial charge on any atom is 0.131 e. The van der Waals surface area contributed by atoms with Gasteiger partial charge in [0.25, 0.3) is 0 Å². The summed E-state index contributed by atoms with van der Waals surface area (Å²) < 4.78 is 5.05. The standard InChI is InChI=1S/C45H32N4S/c1-3-13-29(14-4-1)43-46-44(30-15-5-2-6-16-30)48-45(47-43)32-17-11-18-33(27-32)49-39-23-9-7-19-35(39)38-28-31(25-26-40(38)49)34-21-12-22-37-36-20-8-10-24-41(36)50-42(34)37/h1-28,43-44,46H,(H,47,48). The summed E-state index contributed by atoms with van der Waals surface area (Å²) in [7, 11) is 0. The van der Waals surface area contributed by atoms with E-state index in [0.29, 0.717) is 0 Å². The van der Waals surface area contributed by atoms with E-state index >= 15 is 0 Å². The van der Waals surface area contributed by atoms with E-state index in [-0.39, 0.29) is 12.3 Å². The Labute approximate surface area is 294 Å². The fourth-order valence-electron chi connectivity index (χ4n) is 7.51. The quantitative estimate of drug-likeness (QED) is 0.193. The number of hydrogen-bond donors (Lipinski definition) is 2. The first-order valence-electron chi connectivity index (χ1n) is 17.0. The summed E-state index contributed by atoms with van der Waals surface area (Å²) in [5.74, 6) is 0.868. The van der Waals surface area contributed by atoms with Gasteiger partial charge in [-0.05, 0) is 58.7 Å². The van der Waals surface area contributed by atoms with Crippen molar-refractivity contribution in [1.82, 2.24) is 15.2 Å². The van der Waals surface area contributed by atoms with Crippen LogP contribution in [0.3, 0.4) is 0 Å². The second-order valence-electron chi connectivity index (χ2n) is 12.9. The maximum absolute atomic E-state index is 5.22. The molecule has 0 saturated carbocycles. The van der Waals surface area contributed by atoms with E-state index in [2.05, 4.69) is 179 Å². The second-order valence-corrected chi connectivity index (χ2v) is 13.9. The summed E-state index contributed by atoms with van der Waals surface area (Å²) in [6.07, 6.45) is -0.270. The predicted octanol–water partition coefficient (Wildman–Crippen LogP) is 11.2. The molecule has 2 atom stereocenters. The van der Waals surface area contributed by atoms with Crippen LogP contribution in [0.5, 0.6) is 0 Å². The van der Waals surface area contributed by atoms with Crippen LogP contribution in [0.25, 0.3) is 58.8 Å². The molecule has 9 aromatic rings. The summed E-state index contributed by atoms with van der Waals surface area (Å²) in [6.45, 7) is 0. The zero-order valence-electron chi connectivity index (χ0n) is 27.1. The maximum atomic E-state index is 5.22. The minimum atomic E-state index is -0.182. The molecule has 0 fully saturated rings. The molecule has 0 saturated heterocycles. The Balaban J connectivity index is 1.10. The molecule has 3 heterocycles. The number of para-hydroxylation sites is 1. The first-order valence-corrected chi connectivity index (χ1v) is 17.9. The molecule has 238 valence electrons. The van der Waals surface area contributed by atoms with Crippen molar-refractivity contribution in [2.75, 3.05) is 0 Å². The fourth-order valence-corrected chi connectivity index (χ4v) is 8.75. The number of rotatable bonds is 5. The van der Waals surface area contributed by atoms with Gasteiger partial charge >= 0.3 is 0 Å². The molecule has 1 aliphatic heterocycles. The minimum absolute atomic E-state index is 0.0883. The monoisotopic (exact) mass is 660 g/mol. The molecule has 5 heteroatoms. The van der Waals surface area contributed by atoms with Gasteiger partial charge in [0.1, 0.15) is 18.2 Å². The molecule has 10 rings (SSSR count). The van der Waals surface area contributed by atoms with Crippen molar-refractivity contribution in [3.8, 4) is 16.8 Å². The van der Waals surface area contributed by atoms with Crippen molar-refractivity contribution in [3.05, 3.63) is 187 Å². The van der Waals surface area contributed by atoms with Gasteiger partial charge in [0, 0.05) is 42.2 Å². The number of aromatic nitrogens is 1. The molecule has 0 radical (unpaired) electrons. The number of nitrogens with one attached hydrogen (secondary N) is 2. The molecule has 2 aromatic heterocycles. The number of fused-ring (bicyclic) bond motifs is 6. The average Bonchev–Trinajstić information content (AvgIpc) is 3.74. The van der Waals surface area contributed by atoms with Crippen LogP contribution >= 0.6 is 11.3 Å². The highest BCUT2D eigenvalue weighted by Crippen LogP contribution is 2.42. The summed E-state index contributed by atoms with van der Waals surface area (Å²) >= 11 is 1.88. The lowest BCUT2D eigenvalue weighted by atomic mass is 10.0. The van der Waals surface area contributed by atoms with Crippen molar-refractivity contribution < 1.29 is 0 Å². The third-order valence-corrected chi connectivity index (χ3v) is 11.1. The van der Waals surface area contributed by atoms with Gasteiger partial charge in [0.15, 0.2) is 0 Å². The largest absolute Gasteiger partial charge is 0.350 e. The molecule has 1 aliphatic rings. The third kappa shape index (κ3) is 4.82. The smallest absolute Gasteiger partial charge is 0.131 e. The molecule has 50 heavy (non-hydrogen) atoms. The van der Waals surface area contributed by atoms with Crippen molar-refractivity contribution >= 4 is 59.2 Å². The number of nitrogens with zero attached hydrogens (tertiary/aromatic N) is 2. The van der Waals surface area contributed by atoms with Crippen LogP contribution in [-0.2, 0) is 0 Å². The van der Waals surface area contributed by atoms with Gasteiger partial charge in [-0.15, -0.1) is 11.3 Å². The molecule has 0 amide bonds. The highest BCUT2D eigenvalue weighted by atomic mass is 32.1. The molecule has 2 unspecified atom stereocenters. The van der Waals surface area contributed by atoms with Crippen LogP contribution in [-0.4, -0.2) is 10.4 Å². The van der Waals surface area contributed by atoms with Crippen LogP contribution in [0.15, 0.2) is 175 Å². The van der Waals surface area contributed by atoms with Crippen LogP contribution in [0.1, 0.15) is 29.0 Å². The summed E-state index contributed by atoms with van der Waals surface area (Å²) in [4.78, 5) is 5.22. The van der Waals surface area contributed by atoms with Crippen molar-refractivity contribution in [2.45, 2.75) is 12.3 Å². The van der Waals surface area contributed by atoms with Crippen LogP contribution in [0.4, 0.5) is 0 Å². The lowest BCUT2D eigenvalue weighted by molar-refractivity contribution is 0.409. The minimum Gasteiger partial charge on any atom is -0.350 e. The van der Waals surface area contributed by atoms with Crippen LogP contribution in [0.2, 0.25) is 0 Å². The Morgan fingerprint density at radius 1 is 0.520 bits per heavy atom. The van der Waals surface area contributed by atoms with E-state index < -0.39 is 0 Å². The van der Waals surface area contributed by atoms with Crippen LogP contribution < -0.4 is 10.6 Å². The zero-order valence-corrected chi connectivity index (χ0v) is 27.9. The number of amidine groups is 1. The number of aliphatic imine (C=N–C) groups is 1. The first kappa shape index (κ1) is 29.0. The summed E-state index contributed by atoms with van der Waals surface area (Å²) in [5, 5.41) is 12.6. The molecule has 4 nitrogen and oxygen atoms in total. The Morgan fingerprint density at radius 3 is 2.08 bits per heavy atom. The Bertz CT molecular complexity index is 2720. The molecular weight excluding hydrogens is 629 g/mol. The van der Waals surface area contributed by atoms with Gasteiger partial charge in [0.05, 0.1) is 11.0 Å². The molecule has 2 N–H and O–H groups in total. The van der Waals surface area contributed by atoms with Gasteiger partial charge in [-0.2, -0.15) is 0 Å². The lowest BCUT2D eigenvalue weighted by Gasteiger charge is -2.32. The van der Waals surface area contributed by atoms with E-state index in [1.54, 1.807) is 0 Å². The molecular formula is C45H32N4S. The van der Waals surface area contributed by atoms with E-state index in [1.165, 1.54) is 58.7 Å². The average molecular weight is 661 g/mol. The molecule has 0 spiro atoms. The zero-order chi connectivity index (χ0) is 33.0. The fraction of sp³-hybridized carbons (Fsp3) is 0.0444. The molecule has 0 bridgehead atoms. The lowest BCUT2D eigenvalue weighted by Crippen LogP contribution is -2.44. The molecule has 0 aliphatic carbocycles. The number of benzene rings is 7. The van der Waals surface area contributed by atoms with E-state index in [1.807, 2.05) is 17.4 Å². The van der Waals surface area contributed by atoms with Gasteiger partial charge < -0.3 is 9.88 Å². The van der Waals surface area contributed by atoms with Gasteiger partial charge in [0.2, 0.25) is 0 Å². The summed E-state index contributed by atoms with van der Waals surface area (Å²) in [6, 6.07) is 60.9. The highest BCUT2D eigenvalue weighted by molar-refractivity contribution is 7.26. The topological polar surface area (TPSA) is 41.4 Å². The number of thiophene rings is 1.